The van der Waals surface area contributed by atoms with E-state index in [9.17, 15) is 5.11 Å². The van der Waals surface area contributed by atoms with Crippen LogP contribution in [0, 0.1) is 13.8 Å². The Balaban J connectivity index is 1.75. The topological polar surface area (TPSA) is 77.5 Å². The molecule has 1 aromatic carbocycles. The minimum Gasteiger partial charge on any atom is -0.356 e. The Hall–Kier alpha value is -2.93. The lowest BCUT2D eigenvalue weighted by molar-refractivity contribution is -0.120. The summed E-state index contributed by atoms with van der Waals surface area (Å²) >= 11 is 0. The molecule has 0 saturated heterocycles. The average Bonchev–Trinajstić information content (AvgIpc) is 3.07. The van der Waals surface area contributed by atoms with Gasteiger partial charge in [0.25, 0.3) is 6.29 Å². The number of benzene rings is 1. The molecule has 4 rings (SSSR count). The number of aliphatic hydroxyl groups excluding tert-OH is 1. The molecule has 116 valence electrons. The second-order valence-corrected chi connectivity index (χ2v) is 5.42. The SMILES string of the molecule is Cc1ccn2c(C(O)On3nnc4ccccc43)c(C)nc2c1. The highest BCUT2D eigenvalue weighted by molar-refractivity contribution is 5.73. The summed E-state index contributed by atoms with van der Waals surface area (Å²) in [7, 11) is 0. The number of pyridine rings is 1. The highest BCUT2D eigenvalue weighted by Crippen LogP contribution is 2.20. The maximum absolute atomic E-state index is 10.5. The number of aryl methyl sites for hydroxylation is 2. The molecule has 0 amide bonds. The molecule has 1 N–H and O–H groups in total. The molecule has 0 saturated carbocycles. The fourth-order valence-electron chi connectivity index (χ4n) is 2.65. The van der Waals surface area contributed by atoms with E-state index in [0.717, 1.165) is 11.2 Å². The van der Waals surface area contributed by atoms with Crippen LogP contribution >= 0.6 is 0 Å². The van der Waals surface area contributed by atoms with Crippen molar-refractivity contribution in [3.63, 3.8) is 0 Å². The summed E-state index contributed by atoms with van der Waals surface area (Å²) in [4.78, 5) is 11.3. The Morgan fingerprint density at radius 1 is 1.17 bits per heavy atom. The fourth-order valence-corrected chi connectivity index (χ4v) is 2.65. The smallest absolute Gasteiger partial charge is 0.268 e. The molecule has 7 nitrogen and oxygen atoms in total. The highest BCUT2D eigenvalue weighted by atomic mass is 16.7. The quantitative estimate of drug-likeness (QED) is 0.584. The van der Waals surface area contributed by atoms with Crippen LogP contribution < -0.4 is 4.84 Å². The van der Waals surface area contributed by atoms with Crippen LogP contribution in [0.25, 0.3) is 16.7 Å². The summed E-state index contributed by atoms with van der Waals surface area (Å²) in [5.74, 6) is 0. The number of aliphatic hydroxyl groups is 1. The molecule has 1 unspecified atom stereocenters. The second-order valence-electron chi connectivity index (χ2n) is 5.42. The van der Waals surface area contributed by atoms with Gasteiger partial charge < -0.3 is 9.94 Å². The predicted octanol–water partition coefficient (Wildman–Crippen LogP) is 1.82. The standard InChI is InChI=1S/C16H15N5O2/c1-10-7-8-20-14(9-10)17-11(2)15(20)16(22)23-21-13-6-4-3-5-12(13)18-19-21/h3-9,16,22H,1-2H3. The van der Waals surface area contributed by atoms with Gasteiger partial charge in [-0.05, 0) is 48.9 Å². The number of fused-ring (bicyclic) bond motifs is 2. The molecule has 0 aliphatic heterocycles. The van der Waals surface area contributed by atoms with Crippen LogP contribution in [0.2, 0.25) is 0 Å². The summed E-state index contributed by atoms with van der Waals surface area (Å²) in [5.41, 5.74) is 4.53. The highest BCUT2D eigenvalue weighted by Gasteiger charge is 2.20. The summed E-state index contributed by atoms with van der Waals surface area (Å²) in [6, 6.07) is 11.3. The van der Waals surface area contributed by atoms with Crippen molar-refractivity contribution >= 4 is 16.7 Å². The van der Waals surface area contributed by atoms with Crippen molar-refractivity contribution in [2.45, 2.75) is 20.1 Å². The predicted molar refractivity (Wildman–Crippen MR) is 83.7 cm³/mol. The van der Waals surface area contributed by atoms with E-state index in [0.29, 0.717) is 22.4 Å². The lowest BCUT2D eigenvalue weighted by atomic mass is 10.3. The van der Waals surface area contributed by atoms with Crippen LogP contribution in [0.5, 0.6) is 0 Å². The number of hydrogen-bond acceptors (Lipinski definition) is 5. The third kappa shape index (κ3) is 2.22. The fraction of sp³-hybridized carbons (Fsp3) is 0.188. The average molecular weight is 309 g/mol. The first-order valence-corrected chi connectivity index (χ1v) is 7.24. The lowest BCUT2D eigenvalue weighted by Crippen LogP contribution is -2.21. The van der Waals surface area contributed by atoms with Crippen molar-refractivity contribution < 1.29 is 9.94 Å². The Bertz CT molecular complexity index is 1000. The zero-order chi connectivity index (χ0) is 16.0. The van der Waals surface area contributed by atoms with Gasteiger partial charge in [0, 0.05) is 6.20 Å². The Morgan fingerprint density at radius 3 is 2.87 bits per heavy atom. The van der Waals surface area contributed by atoms with Crippen molar-refractivity contribution in [1.29, 1.82) is 0 Å². The van der Waals surface area contributed by atoms with Crippen molar-refractivity contribution in [3.05, 3.63) is 59.5 Å². The number of imidazole rings is 1. The number of hydrogen-bond donors (Lipinski definition) is 1. The molecule has 3 aromatic heterocycles. The van der Waals surface area contributed by atoms with Gasteiger partial charge in [0.05, 0.1) is 5.69 Å². The first kappa shape index (κ1) is 13.7. The molecule has 3 heterocycles. The first-order chi connectivity index (χ1) is 11.1. The number of aromatic nitrogens is 5. The Labute approximate surface area is 131 Å². The molecule has 0 bridgehead atoms. The molecular formula is C16H15N5O2. The summed E-state index contributed by atoms with van der Waals surface area (Å²) in [5, 5.41) is 18.4. The Kier molecular flexibility index (Phi) is 3.02. The normalized spacial score (nSPS) is 12.8. The molecule has 0 spiro atoms. The van der Waals surface area contributed by atoms with Crippen LogP contribution in [-0.2, 0) is 0 Å². The van der Waals surface area contributed by atoms with Gasteiger partial charge in [-0.2, -0.15) is 0 Å². The van der Waals surface area contributed by atoms with E-state index >= 15 is 0 Å². The van der Waals surface area contributed by atoms with E-state index in [4.69, 9.17) is 4.84 Å². The summed E-state index contributed by atoms with van der Waals surface area (Å²) in [6.07, 6.45) is 0.657. The van der Waals surface area contributed by atoms with Gasteiger partial charge in [-0.15, -0.1) is 5.10 Å². The monoisotopic (exact) mass is 309 g/mol. The molecule has 1 atom stereocenters. The van der Waals surface area contributed by atoms with Gasteiger partial charge in [0.1, 0.15) is 22.4 Å². The molecule has 0 aliphatic carbocycles. The van der Waals surface area contributed by atoms with Gasteiger partial charge in [0.2, 0.25) is 0 Å². The minimum absolute atomic E-state index is 0.569. The van der Waals surface area contributed by atoms with E-state index in [-0.39, 0.29) is 0 Å². The van der Waals surface area contributed by atoms with E-state index in [2.05, 4.69) is 15.3 Å². The Morgan fingerprint density at radius 2 is 2.00 bits per heavy atom. The van der Waals surface area contributed by atoms with Gasteiger partial charge in [-0.1, -0.05) is 17.0 Å². The summed E-state index contributed by atoms with van der Waals surface area (Å²) < 4.78 is 1.81. The van der Waals surface area contributed by atoms with Crippen LogP contribution in [-0.4, -0.2) is 29.6 Å². The lowest BCUT2D eigenvalue weighted by Gasteiger charge is -2.13. The largest absolute Gasteiger partial charge is 0.356 e. The van der Waals surface area contributed by atoms with Crippen LogP contribution in [0.1, 0.15) is 23.2 Å². The van der Waals surface area contributed by atoms with Gasteiger partial charge >= 0.3 is 0 Å². The molecular weight excluding hydrogens is 294 g/mol. The van der Waals surface area contributed by atoms with Crippen LogP contribution in [0.4, 0.5) is 0 Å². The number of rotatable bonds is 3. The first-order valence-electron chi connectivity index (χ1n) is 7.24. The zero-order valence-electron chi connectivity index (χ0n) is 12.7. The number of nitrogens with zero attached hydrogens (tertiary/aromatic N) is 5. The van der Waals surface area contributed by atoms with Gasteiger partial charge in [0.15, 0.2) is 0 Å². The third-order valence-electron chi connectivity index (χ3n) is 3.76. The van der Waals surface area contributed by atoms with Crippen LogP contribution in [0.3, 0.4) is 0 Å². The van der Waals surface area contributed by atoms with E-state index in [1.165, 1.54) is 4.85 Å². The minimum atomic E-state index is -1.21. The number of para-hydroxylation sites is 1. The van der Waals surface area contributed by atoms with Gasteiger partial charge in [-0.3, -0.25) is 4.40 Å². The van der Waals surface area contributed by atoms with Crippen molar-refractivity contribution in [1.82, 2.24) is 24.5 Å². The zero-order valence-corrected chi connectivity index (χ0v) is 12.7. The van der Waals surface area contributed by atoms with Crippen molar-refractivity contribution in [3.8, 4) is 0 Å². The van der Waals surface area contributed by atoms with E-state index in [1.807, 2.05) is 60.8 Å². The van der Waals surface area contributed by atoms with Crippen LogP contribution in [0.15, 0.2) is 42.6 Å². The molecule has 7 heteroatoms. The molecule has 0 fully saturated rings. The van der Waals surface area contributed by atoms with E-state index in [1.54, 1.807) is 0 Å². The molecule has 0 radical (unpaired) electrons. The van der Waals surface area contributed by atoms with Crippen molar-refractivity contribution in [2.24, 2.45) is 0 Å². The second kappa shape index (κ2) is 5.06. The molecule has 4 aromatic rings. The maximum Gasteiger partial charge on any atom is 0.268 e. The maximum atomic E-state index is 10.5. The van der Waals surface area contributed by atoms with E-state index < -0.39 is 6.29 Å². The molecule has 23 heavy (non-hydrogen) atoms. The van der Waals surface area contributed by atoms with Gasteiger partial charge in [-0.25, -0.2) is 4.98 Å². The third-order valence-corrected chi connectivity index (χ3v) is 3.76. The summed E-state index contributed by atoms with van der Waals surface area (Å²) in [6.45, 7) is 3.84. The van der Waals surface area contributed by atoms with Crippen molar-refractivity contribution in [2.75, 3.05) is 0 Å². The molecule has 0 aliphatic rings.